The van der Waals surface area contributed by atoms with Gasteiger partial charge in [0.2, 0.25) is 0 Å². The van der Waals surface area contributed by atoms with E-state index in [1.807, 2.05) is 21.0 Å². The predicted molar refractivity (Wildman–Crippen MR) is 81.6 cm³/mol. The van der Waals surface area contributed by atoms with Gasteiger partial charge in [-0.05, 0) is 26.4 Å². The molecule has 0 aliphatic heterocycles. The summed E-state index contributed by atoms with van der Waals surface area (Å²) in [6.07, 6.45) is 0.720. The van der Waals surface area contributed by atoms with Gasteiger partial charge in [0, 0.05) is 19.6 Å². The first kappa shape index (κ1) is 16.5. The van der Waals surface area contributed by atoms with E-state index in [1.54, 1.807) is 11.7 Å². The van der Waals surface area contributed by atoms with Crippen molar-refractivity contribution in [3.63, 3.8) is 0 Å². The largest absolute Gasteiger partial charge is 0.395 e. The number of nitrogens with two attached hydrogens (primary N) is 1. The summed E-state index contributed by atoms with van der Waals surface area (Å²) >= 11 is 0. The van der Waals surface area contributed by atoms with Crippen LogP contribution >= 0.6 is 0 Å². The van der Waals surface area contributed by atoms with E-state index in [9.17, 15) is 4.79 Å². The highest BCUT2D eigenvalue weighted by Gasteiger charge is 2.23. The number of nitrogens with zero attached hydrogens (tertiary/aromatic N) is 3. The Balaban J connectivity index is 2.92. The average molecular weight is 281 g/mol. The van der Waals surface area contributed by atoms with Crippen molar-refractivity contribution in [3.8, 4) is 0 Å². The van der Waals surface area contributed by atoms with Gasteiger partial charge in [-0.15, -0.1) is 0 Å². The third-order valence-corrected chi connectivity index (χ3v) is 3.39. The van der Waals surface area contributed by atoms with E-state index in [2.05, 4.69) is 29.2 Å². The Labute approximate surface area is 121 Å². The van der Waals surface area contributed by atoms with Crippen LogP contribution in [0.2, 0.25) is 0 Å². The van der Waals surface area contributed by atoms with Gasteiger partial charge >= 0.3 is 0 Å². The molecule has 0 bridgehead atoms. The zero-order valence-electron chi connectivity index (χ0n) is 13.4. The molecule has 6 heteroatoms. The van der Waals surface area contributed by atoms with Crippen LogP contribution in [0.1, 0.15) is 37.0 Å². The number of nitrogen functional groups attached to an aromatic ring is 1. The highest BCUT2D eigenvalue weighted by molar-refractivity contribution is 5.98. The van der Waals surface area contributed by atoms with Gasteiger partial charge in [0.05, 0.1) is 11.4 Å². The van der Waals surface area contributed by atoms with Crippen LogP contribution in [0, 0.1) is 5.92 Å². The summed E-state index contributed by atoms with van der Waals surface area (Å²) in [5.41, 5.74) is 7.72. The number of aromatic nitrogens is 2. The van der Waals surface area contributed by atoms with Crippen molar-refractivity contribution in [2.45, 2.75) is 33.2 Å². The lowest BCUT2D eigenvalue weighted by atomic mass is 10.0. The van der Waals surface area contributed by atoms with Gasteiger partial charge in [-0.2, -0.15) is 5.10 Å². The number of carbonyl (C=O) groups excluding carboxylic acids is 1. The van der Waals surface area contributed by atoms with E-state index in [4.69, 9.17) is 5.73 Å². The number of nitrogens with one attached hydrogen (secondary N) is 1. The van der Waals surface area contributed by atoms with Gasteiger partial charge in [-0.1, -0.05) is 20.8 Å². The molecule has 0 aliphatic carbocycles. The van der Waals surface area contributed by atoms with Crippen molar-refractivity contribution in [3.05, 3.63) is 11.4 Å². The van der Waals surface area contributed by atoms with Crippen LogP contribution in [-0.4, -0.2) is 47.3 Å². The van der Waals surface area contributed by atoms with Crippen molar-refractivity contribution in [1.29, 1.82) is 0 Å². The second-order valence-corrected chi connectivity index (χ2v) is 5.77. The normalized spacial score (nSPS) is 13.0. The maximum Gasteiger partial charge on any atom is 0.271 e. The lowest BCUT2D eigenvalue weighted by Crippen LogP contribution is -2.45. The van der Waals surface area contributed by atoms with Crippen LogP contribution < -0.4 is 11.1 Å². The number of hydrogen-bond acceptors (Lipinski definition) is 4. The molecule has 1 amide bonds. The molecule has 1 aromatic rings. The number of aryl methyl sites for hydroxylation is 2. The second kappa shape index (κ2) is 6.74. The fourth-order valence-corrected chi connectivity index (χ4v) is 2.18. The van der Waals surface area contributed by atoms with Crippen LogP contribution in [0.15, 0.2) is 0 Å². The minimum Gasteiger partial charge on any atom is -0.395 e. The van der Waals surface area contributed by atoms with E-state index >= 15 is 0 Å². The molecule has 3 N–H and O–H groups in total. The van der Waals surface area contributed by atoms with Crippen LogP contribution in [0.4, 0.5) is 5.69 Å². The maximum absolute atomic E-state index is 12.4. The lowest BCUT2D eigenvalue weighted by Gasteiger charge is -2.25. The van der Waals surface area contributed by atoms with E-state index in [-0.39, 0.29) is 11.9 Å². The summed E-state index contributed by atoms with van der Waals surface area (Å²) in [5, 5.41) is 7.34. The molecule has 1 heterocycles. The minimum atomic E-state index is -0.155. The summed E-state index contributed by atoms with van der Waals surface area (Å²) in [6.45, 7) is 6.96. The van der Waals surface area contributed by atoms with Crippen molar-refractivity contribution < 1.29 is 4.79 Å². The summed E-state index contributed by atoms with van der Waals surface area (Å²) < 4.78 is 1.57. The molecule has 0 spiro atoms. The van der Waals surface area contributed by atoms with Gasteiger partial charge in [0.25, 0.3) is 5.91 Å². The van der Waals surface area contributed by atoms with Crippen LogP contribution in [-0.2, 0) is 13.5 Å². The zero-order valence-corrected chi connectivity index (χ0v) is 13.4. The first-order valence-electron chi connectivity index (χ1n) is 7.04. The second-order valence-electron chi connectivity index (χ2n) is 5.77. The summed E-state index contributed by atoms with van der Waals surface area (Å²) in [5.74, 6) is 0.194. The third-order valence-electron chi connectivity index (χ3n) is 3.39. The number of amides is 1. The topological polar surface area (TPSA) is 76.2 Å². The SMILES string of the molecule is CCc1nn(C)c(C(=O)NC(CN(C)C)C(C)C)c1N. The van der Waals surface area contributed by atoms with Gasteiger partial charge < -0.3 is 16.0 Å². The molecular weight excluding hydrogens is 254 g/mol. The standard InChI is InChI=1S/C14H27N5O/c1-7-10-12(15)13(19(6)17-10)14(20)16-11(9(2)3)8-18(4)5/h9,11H,7-8,15H2,1-6H3,(H,16,20). The van der Waals surface area contributed by atoms with Gasteiger partial charge in [0.1, 0.15) is 5.69 Å². The van der Waals surface area contributed by atoms with Crippen molar-refractivity contribution >= 4 is 11.6 Å². The Morgan fingerprint density at radius 1 is 1.45 bits per heavy atom. The Kier molecular flexibility index (Phi) is 5.56. The first-order valence-corrected chi connectivity index (χ1v) is 7.04. The molecule has 0 radical (unpaired) electrons. The molecule has 0 saturated heterocycles. The Bertz CT molecular complexity index is 464. The number of likely N-dealkylation sites (N-methyl/N-ethyl adjacent to an activating group) is 1. The summed E-state index contributed by atoms with van der Waals surface area (Å²) in [4.78, 5) is 14.5. The molecule has 6 nitrogen and oxygen atoms in total. The van der Waals surface area contributed by atoms with Crippen molar-refractivity contribution in [1.82, 2.24) is 20.0 Å². The highest BCUT2D eigenvalue weighted by atomic mass is 16.2. The molecule has 20 heavy (non-hydrogen) atoms. The van der Waals surface area contributed by atoms with Gasteiger partial charge in [0.15, 0.2) is 0 Å². The lowest BCUT2D eigenvalue weighted by molar-refractivity contribution is 0.0908. The smallest absolute Gasteiger partial charge is 0.271 e. The molecule has 0 saturated carbocycles. The molecule has 1 rings (SSSR count). The Hall–Kier alpha value is -1.56. The van der Waals surface area contributed by atoms with Crippen LogP contribution in [0.3, 0.4) is 0 Å². The number of hydrogen-bond donors (Lipinski definition) is 2. The quantitative estimate of drug-likeness (QED) is 0.811. The molecule has 0 aliphatic rings. The molecule has 1 atom stereocenters. The fourth-order valence-electron chi connectivity index (χ4n) is 2.18. The number of carbonyl (C=O) groups is 1. The molecular formula is C14H27N5O. The van der Waals surface area contributed by atoms with E-state index < -0.39 is 0 Å². The monoisotopic (exact) mass is 281 g/mol. The first-order chi connectivity index (χ1) is 9.27. The predicted octanol–water partition coefficient (Wildman–Crippen LogP) is 0.881. The summed E-state index contributed by atoms with van der Waals surface area (Å²) in [7, 11) is 5.74. The van der Waals surface area contributed by atoms with Crippen LogP contribution in [0.5, 0.6) is 0 Å². The molecule has 114 valence electrons. The van der Waals surface area contributed by atoms with Gasteiger partial charge in [-0.25, -0.2) is 0 Å². The fraction of sp³-hybridized carbons (Fsp3) is 0.714. The van der Waals surface area contributed by atoms with E-state index in [1.165, 1.54) is 0 Å². The Morgan fingerprint density at radius 3 is 2.45 bits per heavy atom. The summed E-state index contributed by atoms with van der Waals surface area (Å²) in [6, 6.07) is 0.0804. The van der Waals surface area contributed by atoms with Crippen LogP contribution in [0.25, 0.3) is 0 Å². The van der Waals surface area contributed by atoms with Crippen molar-refractivity contribution in [2.75, 3.05) is 26.4 Å². The molecule has 0 aromatic carbocycles. The van der Waals surface area contributed by atoms with Crippen molar-refractivity contribution in [2.24, 2.45) is 13.0 Å². The number of rotatable bonds is 6. The molecule has 1 aromatic heterocycles. The number of anilines is 1. The molecule has 0 fully saturated rings. The maximum atomic E-state index is 12.4. The van der Waals surface area contributed by atoms with E-state index in [0.29, 0.717) is 17.3 Å². The average Bonchev–Trinajstić information content (AvgIpc) is 2.62. The third kappa shape index (κ3) is 3.72. The van der Waals surface area contributed by atoms with E-state index in [0.717, 1.165) is 18.7 Å². The molecule has 1 unspecified atom stereocenters. The Morgan fingerprint density at radius 2 is 2.05 bits per heavy atom. The minimum absolute atomic E-state index is 0.0804. The van der Waals surface area contributed by atoms with Gasteiger partial charge in [-0.3, -0.25) is 9.48 Å². The highest BCUT2D eigenvalue weighted by Crippen LogP contribution is 2.17. The zero-order chi connectivity index (χ0) is 15.4.